The summed E-state index contributed by atoms with van der Waals surface area (Å²) in [7, 11) is -3.86. The Bertz CT molecular complexity index is 741. The number of aryl methyl sites for hydroxylation is 1. The van der Waals surface area contributed by atoms with Gasteiger partial charge in [0.25, 0.3) is 10.0 Å². The highest BCUT2D eigenvalue weighted by Crippen LogP contribution is 2.28. The number of aromatic nitrogens is 1. The summed E-state index contributed by atoms with van der Waals surface area (Å²) in [6, 6.07) is 8.02. The molecule has 4 nitrogen and oxygen atoms in total. The number of benzene rings is 1. The first-order chi connectivity index (χ1) is 9.70. The molecule has 0 amide bonds. The summed E-state index contributed by atoms with van der Waals surface area (Å²) in [5, 5.41) is 0. The Balaban J connectivity index is 2.28. The first-order valence-electron chi connectivity index (χ1n) is 5.82. The van der Waals surface area contributed by atoms with Crippen LogP contribution in [0.2, 0.25) is 0 Å². The molecule has 0 aliphatic carbocycles. The number of rotatable bonds is 3. The lowest BCUT2D eigenvalue weighted by molar-refractivity contribution is -0.141. The highest BCUT2D eigenvalue weighted by atomic mass is 32.2. The molecule has 1 aromatic heterocycles. The van der Waals surface area contributed by atoms with E-state index in [1.807, 2.05) is 0 Å². The van der Waals surface area contributed by atoms with Crippen molar-refractivity contribution in [3.05, 3.63) is 53.9 Å². The van der Waals surface area contributed by atoms with Crippen LogP contribution < -0.4 is 4.72 Å². The molecule has 0 atom stereocenters. The van der Waals surface area contributed by atoms with Crippen molar-refractivity contribution in [2.75, 3.05) is 4.72 Å². The van der Waals surface area contributed by atoms with Crippen LogP contribution in [0.15, 0.2) is 47.5 Å². The lowest BCUT2D eigenvalue weighted by Crippen LogP contribution is -2.15. The zero-order chi connectivity index (χ0) is 15.7. The lowest BCUT2D eigenvalue weighted by atomic mass is 10.2. The van der Waals surface area contributed by atoms with Gasteiger partial charge in [0.2, 0.25) is 0 Å². The van der Waals surface area contributed by atoms with E-state index in [4.69, 9.17) is 0 Å². The number of nitrogens with one attached hydrogen (secondary N) is 1. The second-order valence-electron chi connectivity index (χ2n) is 4.30. The second-order valence-corrected chi connectivity index (χ2v) is 5.95. The highest BCUT2D eigenvalue weighted by Gasteiger charge is 2.32. The molecule has 2 aromatic rings. The number of nitrogens with zero attached hydrogens (tertiary/aromatic N) is 1. The zero-order valence-electron chi connectivity index (χ0n) is 10.8. The summed E-state index contributed by atoms with van der Waals surface area (Å²) in [6.45, 7) is 1.62. The smallest absolute Gasteiger partial charge is 0.278 e. The van der Waals surface area contributed by atoms with Gasteiger partial charge < -0.3 is 0 Å². The third-order valence-corrected chi connectivity index (χ3v) is 4.23. The van der Waals surface area contributed by atoms with Crippen LogP contribution in [-0.2, 0) is 16.2 Å². The van der Waals surface area contributed by atoms with Crippen LogP contribution in [0.25, 0.3) is 0 Å². The van der Waals surface area contributed by atoms with Gasteiger partial charge in [-0.25, -0.2) is 13.4 Å². The fourth-order valence-corrected chi connectivity index (χ4v) is 2.98. The number of hydrogen-bond donors (Lipinski definition) is 1. The molecule has 8 heteroatoms. The average molecular weight is 316 g/mol. The van der Waals surface area contributed by atoms with Crippen LogP contribution in [0.5, 0.6) is 0 Å². The van der Waals surface area contributed by atoms with Crippen molar-refractivity contribution in [1.29, 1.82) is 0 Å². The van der Waals surface area contributed by atoms with Gasteiger partial charge in [0.1, 0.15) is 5.69 Å². The largest absolute Gasteiger partial charge is 0.433 e. The van der Waals surface area contributed by atoms with Gasteiger partial charge in [-0.3, -0.25) is 4.72 Å². The molecule has 0 fully saturated rings. The molecule has 0 aliphatic rings. The van der Waals surface area contributed by atoms with E-state index in [1.165, 1.54) is 6.07 Å². The lowest BCUT2D eigenvalue weighted by Gasteiger charge is -2.11. The minimum atomic E-state index is -4.56. The van der Waals surface area contributed by atoms with Crippen LogP contribution in [0.4, 0.5) is 18.9 Å². The molecule has 0 spiro atoms. The maximum atomic E-state index is 12.4. The summed E-state index contributed by atoms with van der Waals surface area (Å²) >= 11 is 0. The molecule has 0 unspecified atom stereocenters. The van der Waals surface area contributed by atoms with Crippen molar-refractivity contribution in [2.24, 2.45) is 0 Å². The van der Waals surface area contributed by atoms with Crippen molar-refractivity contribution in [3.8, 4) is 0 Å². The maximum absolute atomic E-state index is 12.4. The monoisotopic (exact) mass is 316 g/mol. The number of anilines is 1. The number of alkyl halides is 3. The molecule has 1 heterocycles. The minimum Gasteiger partial charge on any atom is -0.278 e. The van der Waals surface area contributed by atoms with Gasteiger partial charge in [-0.2, -0.15) is 13.2 Å². The van der Waals surface area contributed by atoms with E-state index in [1.54, 1.807) is 25.1 Å². The highest BCUT2D eigenvalue weighted by molar-refractivity contribution is 7.92. The summed E-state index contributed by atoms with van der Waals surface area (Å²) in [5.74, 6) is 0. The second kappa shape index (κ2) is 5.36. The third kappa shape index (κ3) is 3.52. The summed E-state index contributed by atoms with van der Waals surface area (Å²) < 4.78 is 63.6. The molecule has 0 saturated heterocycles. The van der Waals surface area contributed by atoms with Gasteiger partial charge in [-0.15, -0.1) is 0 Å². The summed E-state index contributed by atoms with van der Waals surface area (Å²) in [5.41, 5.74) is -0.586. The standard InChI is InChI=1S/C13H11F3N2O2S/c1-9-4-2-3-5-11(9)21(19,20)18-10-6-7-12(17-8-10)13(14,15)16/h2-8,18H,1H3. The van der Waals surface area contributed by atoms with Gasteiger partial charge in [0, 0.05) is 0 Å². The quantitative estimate of drug-likeness (QED) is 0.946. The normalized spacial score (nSPS) is 12.2. The van der Waals surface area contributed by atoms with E-state index in [2.05, 4.69) is 9.71 Å². The summed E-state index contributed by atoms with van der Waals surface area (Å²) in [4.78, 5) is 3.26. The molecule has 0 radical (unpaired) electrons. The Morgan fingerprint density at radius 2 is 1.76 bits per heavy atom. The van der Waals surface area contributed by atoms with E-state index in [0.29, 0.717) is 5.56 Å². The average Bonchev–Trinajstić information content (AvgIpc) is 2.38. The Kier molecular flexibility index (Phi) is 3.91. The van der Waals surface area contributed by atoms with Crippen LogP contribution in [0.1, 0.15) is 11.3 Å². The molecule has 2 rings (SSSR count). The van der Waals surface area contributed by atoms with Crippen LogP contribution >= 0.6 is 0 Å². The Hall–Kier alpha value is -2.09. The van der Waals surface area contributed by atoms with Gasteiger partial charge in [-0.05, 0) is 30.7 Å². The van der Waals surface area contributed by atoms with Crippen molar-refractivity contribution in [1.82, 2.24) is 4.98 Å². The van der Waals surface area contributed by atoms with Gasteiger partial charge in [-0.1, -0.05) is 18.2 Å². The van der Waals surface area contributed by atoms with Gasteiger partial charge >= 0.3 is 6.18 Å². The predicted octanol–water partition coefficient (Wildman–Crippen LogP) is 3.21. The number of halogens is 3. The van der Waals surface area contributed by atoms with Gasteiger partial charge in [0.15, 0.2) is 0 Å². The van der Waals surface area contributed by atoms with Crippen molar-refractivity contribution >= 4 is 15.7 Å². The minimum absolute atomic E-state index is 0.0359. The molecule has 112 valence electrons. The Morgan fingerprint density at radius 3 is 2.29 bits per heavy atom. The topological polar surface area (TPSA) is 59.1 Å². The number of hydrogen-bond acceptors (Lipinski definition) is 3. The molecule has 1 aromatic carbocycles. The number of sulfonamides is 1. The molecule has 21 heavy (non-hydrogen) atoms. The molecule has 0 saturated carbocycles. The van der Waals surface area contributed by atoms with Crippen LogP contribution in [0.3, 0.4) is 0 Å². The molecule has 0 aliphatic heterocycles. The fraction of sp³-hybridized carbons (Fsp3) is 0.154. The SMILES string of the molecule is Cc1ccccc1S(=O)(=O)Nc1ccc(C(F)(F)F)nc1. The predicted molar refractivity (Wildman–Crippen MR) is 71.2 cm³/mol. The van der Waals surface area contributed by atoms with E-state index in [0.717, 1.165) is 18.3 Å². The third-order valence-electron chi connectivity index (χ3n) is 2.69. The van der Waals surface area contributed by atoms with Crippen molar-refractivity contribution < 1.29 is 21.6 Å². The molecule has 0 bridgehead atoms. The van der Waals surface area contributed by atoms with Crippen LogP contribution in [0, 0.1) is 6.92 Å². The summed E-state index contributed by atoms with van der Waals surface area (Å²) in [6.07, 6.45) is -3.73. The van der Waals surface area contributed by atoms with E-state index >= 15 is 0 Å². The van der Waals surface area contributed by atoms with Crippen LogP contribution in [-0.4, -0.2) is 13.4 Å². The zero-order valence-corrected chi connectivity index (χ0v) is 11.7. The first-order valence-corrected chi connectivity index (χ1v) is 7.30. The van der Waals surface area contributed by atoms with Crippen molar-refractivity contribution in [3.63, 3.8) is 0 Å². The van der Waals surface area contributed by atoms with E-state index < -0.39 is 21.9 Å². The van der Waals surface area contributed by atoms with E-state index in [9.17, 15) is 21.6 Å². The fourth-order valence-electron chi connectivity index (χ4n) is 1.69. The molecule has 1 N–H and O–H groups in total. The Morgan fingerprint density at radius 1 is 1.10 bits per heavy atom. The van der Waals surface area contributed by atoms with Gasteiger partial charge in [0.05, 0.1) is 16.8 Å². The first kappa shape index (κ1) is 15.3. The Labute approximate surface area is 119 Å². The maximum Gasteiger partial charge on any atom is 0.433 e. The number of pyridine rings is 1. The molecular weight excluding hydrogens is 305 g/mol. The van der Waals surface area contributed by atoms with E-state index in [-0.39, 0.29) is 10.6 Å². The van der Waals surface area contributed by atoms with Crippen molar-refractivity contribution in [2.45, 2.75) is 18.0 Å². The molecular formula is C13H11F3N2O2S.